The Kier molecular flexibility index (Phi) is 5.52. The molecule has 1 N–H and O–H groups in total. The van der Waals surface area contributed by atoms with Gasteiger partial charge in [0.1, 0.15) is 18.3 Å². The first kappa shape index (κ1) is 17.5. The van der Waals surface area contributed by atoms with Crippen LogP contribution >= 0.6 is 0 Å². The van der Waals surface area contributed by atoms with E-state index in [0.717, 1.165) is 0 Å². The predicted octanol–water partition coefficient (Wildman–Crippen LogP) is -1.09. The Morgan fingerprint density at radius 3 is 2.79 bits per heavy atom. The number of amides is 3. The summed E-state index contributed by atoms with van der Waals surface area (Å²) in [6.45, 7) is 1.15. The molecule has 1 unspecified atom stereocenters. The summed E-state index contributed by atoms with van der Waals surface area (Å²) in [5.74, 6) is -0.685. The fourth-order valence-electron chi connectivity index (χ4n) is 2.76. The fraction of sp³-hybridized carbons (Fsp3) is 0.533. The van der Waals surface area contributed by atoms with Gasteiger partial charge in [0.15, 0.2) is 0 Å². The van der Waals surface area contributed by atoms with Gasteiger partial charge in [-0.1, -0.05) is 0 Å². The van der Waals surface area contributed by atoms with Gasteiger partial charge in [-0.2, -0.15) is 5.26 Å². The number of fused-ring (bicyclic) bond motifs is 1. The summed E-state index contributed by atoms with van der Waals surface area (Å²) >= 11 is 0. The predicted molar refractivity (Wildman–Crippen MR) is 79.8 cm³/mol. The normalized spacial score (nSPS) is 22.1. The van der Waals surface area contributed by atoms with Gasteiger partial charge in [-0.05, 0) is 12.5 Å². The van der Waals surface area contributed by atoms with Crippen molar-refractivity contribution in [3.8, 4) is 6.07 Å². The Labute approximate surface area is 138 Å². The molecule has 128 valence electrons. The highest BCUT2D eigenvalue weighted by molar-refractivity contribution is 6.01. The second kappa shape index (κ2) is 7.59. The quantitative estimate of drug-likeness (QED) is 0.506. The van der Waals surface area contributed by atoms with E-state index in [2.05, 4.69) is 10.1 Å². The zero-order chi connectivity index (χ0) is 17.7. The smallest absolute Gasteiger partial charge is 0.328 e. The summed E-state index contributed by atoms with van der Waals surface area (Å²) in [5.41, 5.74) is 0.529. The number of piperazine rings is 1. The molecule has 3 aliphatic heterocycles. The Bertz CT molecular complexity index is 636. The van der Waals surface area contributed by atoms with Crippen LogP contribution in [0.15, 0.2) is 11.8 Å². The highest BCUT2D eigenvalue weighted by Crippen LogP contribution is 2.19. The molecule has 24 heavy (non-hydrogen) atoms. The molecule has 0 aromatic rings. The molecular weight excluding hydrogens is 316 g/mol. The lowest BCUT2D eigenvalue weighted by Crippen LogP contribution is -2.45. The number of hydrogen-bond acceptors (Lipinski definition) is 6. The van der Waals surface area contributed by atoms with Gasteiger partial charge in [0.05, 0.1) is 13.2 Å². The molecule has 0 spiro atoms. The van der Waals surface area contributed by atoms with Crippen LogP contribution in [0.1, 0.15) is 19.3 Å². The van der Waals surface area contributed by atoms with Crippen molar-refractivity contribution in [2.24, 2.45) is 0 Å². The van der Waals surface area contributed by atoms with Crippen LogP contribution in [0.25, 0.3) is 0 Å². The van der Waals surface area contributed by atoms with Gasteiger partial charge in [-0.15, -0.1) is 0 Å². The summed E-state index contributed by atoms with van der Waals surface area (Å²) in [6, 6.07) is 1.29. The molecule has 9 nitrogen and oxygen atoms in total. The molecule has 3 amide bonds. The average Bonchev–Trinajstić information content (AvgIpc) is 3.13. The molecule has 3 aliphatic rings. The lowest BCUT2D eigenvalue weighted by atomic mass is 10.2. The topological polar surface area (TPSA) is 120 Å². The third kappa shape index (κ3) is 3.53. The maximum atomic E-state index is 11.2. The summed E-state index contributed by atoms with van der Waals surface area (Å²) < 4.78 is 4.52. The number of methoxy groups -OCH3 is 1. The van der Waals surface area contributed by atoms with Crippen LogP contribution in [0.4, 0.5) is 0 Å². The van der Waals surface area contributed by atoms with Gasteiger partial charge in [0.2, 0.25) is 11.8 Å². The zero-order valence-electron chi connectivity index (χ0n) is 13.3. The molecule has 2 saturated heterocycles. The van der Waals surface area contributed by atoms with E-state index in [1.807, 2.05) is 6.07 Å². The molecule has 3 heterocycles. The van der Waals surface area contributed by atoms with Crippen molar-refractivity contribution in [2.75, 3.05) is 26.7 Å². The van der Waals surface area contributed by atoms with Crippen molar-refractivity contribution in [3.63, 3.8) is 0 Å². The van der Waals surface area contributed by atoms with E-state index >= 15 is 0 Å². The van der Waals surface area contributed by atoms with Crippen molar-refractivity contribution in [3.05, 3.63) is 11.8 Å². The minimum Gasteiger partial charge on any atom is -0.467 e. The molecule has 2 fully saturated rings. The minimum atomic E-state index is -0.558. The van der Waals surface area contributed by atoms with Gasteiger partial charge in [0, 0.05) is 25.9 Å². The third-order valence-electron chi connectivity index (χ3n) is 3.96. The van der Waals surface area contributed by atoms with E-state index in [4.69, 9.17) is 5.26 Å². The van der Waals surface area contributed by atoms with Crippen molar-refractivity contribution < 1.29 is 23.9 Å². The number of rotatable bonds is 2. The minimum absolute atomic E-state index is 0.0369. The monoisotopic (exact) mass is 334 g/mol. The standard InChI is InChI=1S/C8H10N2O3.C7H8N2O2/c1-13-8(12)6-2-3-7(11)10(6)5-4-9;10-6-2-1-5-7(11)8-3-4-9(5)6/h6H,2-3,5H2,1H3;1H,2-4H2,(H,8,11). The molecule has 0 aromatic heterocycles. The van der Waals surface area contributed by atoms with Crippen LogP contribution < -0.4 is 5.32 Å². The van der Waals surface area contributed by atoms with Gasteiger partial charge in [-0.25, -0.2) is 4.79 Å². The Morgan fingerprint density at radius 2 is 2.17 bits per heavy atom. The lowest BCUT2D eigenvalue weighted by molar-refractivity contribution is -0.148. The number of hydrogen-bond donors (Lipinski definition) is 1. The first-order valence-corrected chi connectivity index (χ1v) is 7.52. The average molecular weight is 334 g/mol. The summed E-state index contributed by atoms with van der Waals surface area (Å²) in [7, 11) is 1.27. The summed E-state index contributed by atoms with van der Waals surface area (Å²) in [6.07, 6.45) is 2.83. The highest BCUT2D eigenvalue weighted by Gasteiger charge is 2.36. The van der Waals surface area contributed by atoms with E-state index in [1.54, 1.807) is 11.0 Å². The molecular formula is C15H18N4O5. The van der Waals surface area contributed by atoms with Crippen LogP contribution in [0.3, 0.4) is 0 Å². The van der Waals surface area contributed by atoms with Crippen molar-refractivity contribution in [2.45, 2.75) is 25.3 Å². The number of ether oxygens (including phenoxy) is 1. The first-order chi connectivity index (χ1) is 11.5. The Balaban J connectivity index is 0.000000175. The Morgan fingerprint density at radius 1 is 1.42 bits per heavy atom. The van der Waals surface area contributed by atoms with E-state index < -0.39 is 12.0 Å². The molecule has 1 atom stereocenters. The molecule has 0 radical (unpaired) electrons. The number of nitrogens with one attached hydrogen (secondary N) is 1. The van der Waals surface area contributed by atoms with Crippen LogP contribution in [0, 0.1) is 11.3 Å². The molecule has 0 saturated carbocycles. The van der Waals surface area contributed by atoms with Crippen LogP contribution in [0.2, 0.25) is 0 Å². The molecule has 0 bridgehead atoms. The molecule has 3 rings (SSSR count). The molecule has 9 heteroatoms. The van der Waals surface area contributed by atoms with E-state index in [1.165, 1.54) is 12.0 Å². The highest BCUT2D eigenvalue weighted by atomic mass is 16.5. The number of carbonyl (C=O) groups is 4. The number of nitrogens with zero attached hydrogens (tertiary/aromatic N) is 3. The maximum Gasteiger partial charge on any atom is 0.328 e. The van der Waals surface area contributed by atoms with Gasteiger partial charge < -0.3 is 19.9 Å². The van der Waals surface area contributed by atoms with Crippen molar-refractivity contribution in [1.29, 1.82) is 5.26 Å². The second-order valence-corrected chi connectivity index (χ2v) is 5.35. The fourth-order valence-corrected chi connectivity index (χ4v) is 2.76. The molecule has 0 aliphatic carbocycles. The van der Waals surface area contributed by atoms with Gasteiger partial charge in [-0.3, -0.25) is 14.4 Å². The van der Waals surface area contributed by atoms with E-state index in [9.17, 15) is 19.2 Å². The van der Waals surface area contributed by atoms with Crippen LogP contribution in [0.5, 0.6) is 0 Å². The van der Waals surface area contributed by atoms with E-state index in [0.29, 0.717) is 38.0 Å². The summed E-state index contributed by atoms with van der Waals surface area (Å²) in [5, 5.41) is 11.1. The Hall–Kier alpha value is -2.89. The van der Waals surface area contributed by atoms with Crippen molar-refractivity contribution >= 4 is 23.7 Å². The van der Waals surface area contributed by atoms with E-state index in [-0.39, 0.29) is 24.3 Å². The third-order valence-corrected chi connectivity index (χ3v) is 3.96. The number of nitriles is 1. The zero-order valence-corrected chi connectivity index (χ0v) is 13.3. The second-order valence-electron chi connectivity index (χ2n) is 5.35. The van der Waals surface area contributed by atoms with Gasteiger partial charge in [0.25, 0.3) is 5.91 Å². The number of esters is 1. The lowest BCUT2D eigenvalue weighted by Gasteiger charge is -2.24. The van der Waals surface area contributed by atoms with Crippen molar-refractivity contribution in [1.82, 2.24) is 15.1 Å². The SMILES string of the molecule is COC(=O)C1CCC(=O)N1CC#N.O=C1NCCN2C(=O)CC=C12. The number of carbonyl (C=O) groups excluding carboxylic acids is 4. The van der Waals surface area contributed by atoms with Crippen LogP contribution in [-0.2, 0) is 23.9 Å². The molecule has 0 aromatic carbocycles. The van der Waals surface area contributed by atoms with Gasteiger partial charge >= 0.3 is 5.97 Å². The first-order valence-electron chi connectivity index (χ1n) is 7.52. The summed E-state index contributed by atoms with van der Waals surface area (Å²) in [4.78, 5) is 47.2. The largest absolute Gasteiger partial charge is 0.467 e. The maximum absolute atomic E-state index is 11.2. The number of likely N-dealkylation sites (tertiary alicyclic amines) is 1. The van der Waals surface area contributed by atoms with Crippen LogP contribution in [-0.4, -0.2) is 66.3 Å².